The molecule has 9 nitrogen and oxygen atoms in total. The number of β-amino-alcohol motifs (C(OH)–C–C–N with tert-alkyl or cyclic N) is 2. The third-order valence-electron chi connectivity index (χ3n) is 7.51. The van der Waals surface area contributed by atoms with Gasteiger partial charge in [-0.2, -0.15) is 4.98 Å². The molecule has 0 amide bonds. The fourth-order valence-electron chi connectivity index (χ4n) is 5.66. The van der Waals surface area contributed by atoms with Crippen LogP contribution in [0, 0.1) is 5.92 Å². The summed E-state index contributed by atoms with van der Waals surface area (Å²) >= 11 is 0. The Bertz CT molecular complexity index is 1360. The van der Waals surface area contributed by atoms with Crippen LogP contribution in [-0.4, -0.2) is 59.3 Å². The quantitative estimate of drug-likeness (QED) is 0.402. The summed E-state index contributed by atoms with van der Waals surface area (Å²) in [5.74, 6) is 1.86. The first-order chi connectivity index (χ1) is 17.1. The molecule has 1 fully saturated rings. The SMILES string of the molecule is CC1CCC(n2c3cnccc3c3cnc(Nc4ccc5c(n4)C(O)CN(CCO)C5)nc32)CC1. The molecule has 1 unspecified atom stereocenters. The maximum Gasteiger partial charge on any atom is 0.230 e. The zero-order chi connectivity index (χ0) is 23.9. The van der Waals surface area contributed by atoms with Crippen LogP contribution < -0.4 is 5.32 Å². The molecule has 0 saturated heterocycles. The van der Waals surface area contributed by atoms with Crippen molar-refractivity contribution in [1.29, 1.82) is 0 Å². The van der Waals surface area contributed by atoms with E-state index >= 15 is 0 Å². The van der Waals surface area contributed by atoms with Gasteiger partial charge in [0.2, 0.25) is 5.95 Å². The highest BCUT2D eigenvalue weighted by Crippen LogP contribution is 2.38. The topological polar surface area (TPSA) is 112 Å². The van der Waals surface area contributed by atoms with Crippen LogP contribution in [0.2, 0.25) is 0 Å². The molecule has 1 atom stereocenters. The molecule has 4 aromatic rings. The Labute approximate surface area is 203 Å². The van der Waals surface area contributed by atoms with E-state index in [0.717, 1.165) is 46.3 Å². The van der Waals surface area contributed by atoms with Gasteiger partial charge in [0, 0.05) is 48.8 Å². The number of nitrogens with zero attached hydrogens (tertiary/aromatic N) is 6. The van der Waals surface area contributed by atoms with Gasteiger partial charge in [-0.3, -0.25) is 9.88 Å². The number of nitrogens with one attached hydrogen (secondary N) is 1. The molecule has 0 radical (unpaired) electrons. The van der Waals surface area contributed by atoms with Crippen molar-refractivity contribution >= 4 is 33.7 Å². The molecule has 5 heterocycles. The van der Waals surface area contributed by atoms with E-state index in [-0.39, 0.29) is 6.61 Å². The van der Waals surface area contributed by atoms with Crippen LogP contribution in [0.1, 0.15) is 56.0 Å². The summed E-state index contributed by atoms with van der Waals surface area (Å²) in [5.41, 5.74) is 3.67. The third-order valence-corrected chi connectivity index (χ3v) is 7.51. The molecule has 4 aromatic heterocycles. The highest BCUT2D eigenvalue weighted by Gasteiger charge is 2.26. The first-order valence-electron chi connectivity index (χ1n) is 12.5. The molecule has 35 heavy (non-hydrogen) atoms. The summed E-state index contributed by atoms with van der Waals surface area (Å²) in [6.07, 6.45) is 9.67. The van der Waals surface area contributed by atoms with Gasteiger partial charge >= 0.3 is 0 Å². The fraction of sp³-hybridized carbons (Fsp3) is 0.462. The highest BCUT2D eigenvalue weighted by atomic mass is 16.3. The average Bonchev–Trinajstić information content (AvgIpc) is 3.19. The highest BCUT2D eigenvalue weighted by molar-refractivity contribution is 6.06. The van der Waals surface area contributed by atoms with Gasteiger partial charge in [0.1, 0.15) is 17.6 Å². The van der Waals surface area contributed by atoms with Crippen LogP contribution in [0.15, 0.2) is 36.8 Å². The Morgan fingerprint density at radius 2 is 1.91 bits per heavy atom. The molecule has 6 rings (SSSR count). The minimum atomic E-state index is -0.695. The van der Waals surface area contributed by atoms with Gasteiger partial charge in [-0.15, -0.1) is 0 Å². The van der Waals surface area contributed by atoms with Gasteiger partial charge in [-0.05, 0) is 49.3 Å². The van der Waals surface area contributed by atoms with E-state index in [1.54, 1.807) is 0 Å². The van der Waals surface area contributed by atoms with Gasteiger partial charge < -0.3 is 20.1 Å². The maximum absolute atomic E-state index is 10.6. The number of hydrogen-bond donors (Lipinski definition) is 3. The fourth-order valence-corrected chi connectivity index (χ4v) is 5.66. The second kappa shape index (κ2) is 9.14. The van der Waals surface area contributed by atoms with Crippen molar-refractivity contribution in [3.63, 3.8) is 0 Å². The Hall–Kier alpha value is -3.14. The van der Waals surface area contributed by atoms with Crippen LogP contribution >= 0.6 is 0 Å². The minimum Gasteiger partial charge on any atom is -0.395 e. The molecule has 1 aliphatic heterocycles. The molecule has 0 bridgehead atoms. The first kappa shape index (κ1) is 22.3. The van der Waals surface area contributed by atoms with E-state index in [2.05, 4.69) is 31.8 Å². The van der Waals surface area contributed by atoms with E-state index in [9.17, 15) is 10.2 Å². The smallest absolute Gasteiger partial charge is 0.230 e. The summed E-state index contributed by atoms with van der Waals surface area (Å²) in [4.78, 5) is 20.6. The number of hydrogen-bond acceptors (Lipinski definition) is 8. The molecule has 2 aliphatic rings. The molecule has 0 spiro atoms. The van der Waals surface area contributed by atoms with Crippen molar-refractivity contribution in [3.8, 4) is 0 Å². The van der Waals surface area contributed by atoms with Crippen LogP contribution in [0.5, 0.6) is 0 Å². The molecule has 0 aromatic carbocycles. The van der Waals surface area contributed by atoms with Crippen molar-refractivity contribution in [2.24, 2.45) is 5.92 Å². The summed E-state index contributed by atoms with van der Waals surface area (Å²) < 4.78 is 2.36. The Morgan fingerprint density at radius 1 is 1.06 bits per heavy atom. The second-order valence-electron chi connectivity index (χ2n) is 9.95. The van der Waals surface area contributed by atoms with Gasteiger partial charge in [0.15, 0.2) is 0 Å². The van der Waals surface area contributed by atoms with Crippen LogP contribution in [0.25, 0.3) is 21.9 Å². The molecule has 1 saturated carbocycles. The van der Waals surface area contributed by atoms with E-state index in [4.69, 9.17) is 4.98 Å². The molecule has 182 valence electrons. The monoisotopic (exact) mass is 473 g/mol. The summed E-state index contributed by atoms with van der Waals surface area (Å²) in [7, 11) is 0. The minimum absolute atomic E-state index is 0.0711. The number of fused-ring (bicyclic) bond motifs is 4. The summed E-state index contributed by atoms with van der Waals surface area (Å²) in [5, 5.41) is 25.3. The number of anilines is 2. The molecule has 9 heteroatoms. The van der Waals surface area contributed by atoms with Crippen molar-refractivity contribution in [2.75, 3.05) is 25.0 Å². The van der Waals surface area contributed by atoms with Crippen LogP contribution in [0.4, 0.5) is 11.8 Å². The van der Waals surface area contributed by atoms with Crippen LogP contribution in [-0.2, 0) is 6.54 Å². The van der Waals surface area contributed by atoms with E-state index in [1.165, 1.54) is 12.8 Å². The van der Waals surface area contributed by atoms with E-state index in [1.807, 2.05) is 41.7 Å². The van der Waals surface area contributed by atoms with E-state index in [0.29, 0.717) is 43.1 Å². The maximum atomic E-state index is 10.6. The van der Waals surface area contributed by atoms with Crippen molar-refractivity contribution in [2.45, 2.75) is 51.3 Å². The first-order valence-corrected chi connectivity index (χ1v) is 12.5. The largest absolute Gasteiger partial charge is 0.395 e. The van der Waals surface area contributed by atoms with Crippen molar-refractivity contribution in [3.05, 3.63) is 48.0 Å². The standard InChI is InChI=1S/C26H31N7O2/c1-16-2-5-18(6-3-16)33-21-13-27-9-8-19(21)20-12-28-26(31-25(20)33)30-23-7-4-17-14-32(10-11-34)15-22(35)24(17)29-23/h4,7-9,12-13,16,18,22,34-35H,2-3,5-6,10-11,14-15H2,1H3,(H,28,29,30,31). The summed E-state index contributed by atoms with van der Waals surface area (Å²) in [6.45, 7) is 4.06. The van der Waals surface area contributed by atoms with Gasteiger partial charge in [0.05, 0.1) is 24.0 Å². The average molecular weight is 474 g/mol. The van der Waals surface area contributed by atoms with Gasteiger partial charge in [-0.25, -0.2) is 9.97 Å². The lowest BCUT2D eigenvalue weighted by atomic mass is 9.87. The lowest BCUT2D eigenvalue weighted by molar-refractivity contribution is 0.0771. The Balaban J connectivity index is 1.35. The zero-order valence-electron chi connectivity index (χ0n) is 19.9. The molecule has 1 aliphatic carbocycles. The number of aromatic nitrogens is 5. The number of aliphatic hydroxyl groups excluding tert-OH is 2. The third kappa shape index (κ3) is 4.13. The van der Waals surface area contributed by atoms with Crippen LogP contribution in [0.3, 0.4) is 0 Å². The lowest BCUT2D eigenvalue weighted by Gasteiger charge is -2.31. The lowest BCUT2D eigenvalue weighted by Crippen LogP contribution is -2.36. The zero-order valence-corrected chi connectivity index (χ0v) is 19.9. The summed E-state index contributed by atoms with van der Waals surface area (Å²) in [6, 6.07) is 6.31. The normalized spacial score (nSPS) is 23.0. The molecule has 3 N–H and O–H groups in total. The number of pyridine rings is 2. The van der Waals surface area contributed by atoms with Crippen molar-refractivity contribution < 1.29 is 10.2 Å². The Morgan fingerprint density at radius 3 is 2.74 bits per heavy atom. The van der Waals surface area contributed by atoms with Crippen molar-refractivity contribution in [1.82, 2.24) is 29.4 Å². The second-order valence-corrected chi connectivity index (χ2v) is 9.95. The number of aliphatic hydroxyl groups is 2. The van der Waals surface area contributed by atoms with E-state index < -0.39 is 6.10 Å². The number of rotatable bonds is 5. The van der Waals surface area contributed by atoms with Gasteiger partial charge in [0.25, 0.3) is 0 Å². The predicted octanol–water partition coefficient (Wildman–Crippen LogP) is 3.71. The molecular formula is C26H31N7O2. The van der Waals surface area contributed by atoms with Gasteiger partial charge in [-0.1, -0.05) is 13.0 Å². The predicted molar refractivity (Wildman–Crippen MR) is 134 cm³/mol. The molecular weight excluding hydrogens is 442 g/mol. The Kier molecular flexibility index (Phi) is 5.83.